The molecule has 0 amide bonds. The second-order valence-electron chi connectivity index (χ2n) is 7.68. The lowest BCUT2D eigenvalue weighted by molar-refractivity contribution is -0.304. The van der Waals surface area contributed by atoms with Crippen LogP contribution in [-0.4, -0.2) is 33.2 Å². The van der Waals surface area contributed by atoms with Gasteiger partial charge in [-0.15, -0.1) is 11.3 Å². The molecule has 0 bridgehead atoms. The van der Waals surface area contributed by atoms with Crippen LogP contribution in [0.5, 0.6) is 5.75 Å². The Labute approximate surface area is 208 Å². The van der Waals surface area contributed by atoms with Crippen molar-refractivity contribution < 1.29 is 35.5 Å². The number of aryl methyl sites for hydroxylation is 1. The standard InChI is InChI=1S/C23H15ClF7N3OS/c1-11-14(12-6-8-13(9-7-12)35-23(30,31)21(26)22(27,28)29)10-36-18(11)20-32-19(33-34(20)2)17-15(24)4-3-5-16(17)25/h3-10,21H,1-2H3. The number of thiophene rings is 1. The Morgan fingerprint density at radius 1 is 1.06 bits per heavy atom. The molecule has 2 aromatic heterocycles. The molecule has 190 valence electrons. The Kier molecular flexibility index (Phi) is 6.78. The van der Waals surface area contributed by atoms with E-state index in [2.05, 4.69) is 14.8 Å². The molecule has 0 N–H and O–H groups in total. The number of hydrogen-bond acceptors (Lipinski definition) is 4. The van der Waals surface area contributed by atoms with Crippen LogP contribution in [0.3, 0.4) is 0 Å². The summed E-state index contributed by atoms with van der Waals surface area (Å²) in [6.45, 7) is 1.78. The number of benzene rings is 2. The van der Waals surface area contributed by atoms with Crippen molar-refractivity contribution in [3.8, 4) is 39.0 Å². The van der Waals surface area contributed by atoms with Crippen LogP contribution >= 0.6 is 22.9 Å². The number of nitrogens with zero attached hydrogens (tertiary/aromatic N) is 3. The SMILES string of the molecule is Cc1c(-c2ccc(OC(F)(F)C(F)C(F)(F)F)cc2)csc1-c1nc(-c2c(F)cccc2Cl)nn1C. The predicted molar refractivity (Wildman–Crippen MR) is 121 cm³/mol. The molecule has 4 rings (SSSR count). The van der Waals surface area contributed by atoms with Crippen molar-refractivity contribution in [2.75, 3.05) is 0 Å². The molecule has 0 fully saturated rings. The summed E-state index contributed by atoms with van der Waals surface area (Å²) in [5, 5.41) is 6.18. The monoisotopic (exact) mass is 549 g/mol. The molecule has 0 saturated carbocycles. The summed E-state index contributed by atoms with van der Waals surface area (Å²) in [6.07, 6.45) is -15.3. The molecule has 4 nitrogen and oxygen atoms in total. The Hall–Kier alpha value is -3.12. The van der Waals surface area contributed by atoms with Crippen LogP contribution in [0, 0.1) is 12.7 Å². The highest BCUT2D eigenvalue weighted by molar-refractivity contribution is 7.14. The van der Waals surface area contributed by atoms with Gasteiger partial charge in [0.05, 0.1) is 15.5 Å². The van der Waals surface area contributed by atoms with E-state index in [-0.39, 0.29) is 16.4 Å². The first kappa shape index (κ1) is 26.0. The molecule has 1 atom stereocenters. The maximum atomic E-state index is 14.3. The normalized spacial score (nSPS) is 13.2. The van der Waals surface area contributed by atoms with Gasteiger partial charge in [-0.1, -0.05) is 29.8 Å². The average Bonchev–Trinajstić information content (AvgIpc) is 3.35. The summed E-state index contributed by atoms with van der Waals surface area (Å²) in [4.78, 5) is 5.13. The van der Waals surface area contributed by atoms with E-state index in [1.54, 1.807) is 19.4 Å². The number of ether oxygens (including phenoxy) is 1. The molecule has 1 unspecified atom stereocenters. The van der Waals surface area contributed by atoms with Crippen LogP contribution in [-0.2, 0) is 7.05 Å². The van der Waals surface area contributed by atoms with E-state index in [4.69, 9.17) is 11.6 Å². The summed E-state index contributed by atoms with van der Waals surface area (Å²) in [6, 6.07) is 8.97. The van der Waals surface area contributed by atoms with Gasteiger partial charge < -0.3 is 4.74 Å². The van der Waals surface area contributed by atoms with E-state index in [0.29, 0.717) is 21.8 Å². The summed E-state index contributed by atoms with van der Waals surface area (Å²) in [5.41, 5.74) is 2.02. The fourth-order valence-corrected chi connectivity index (χ4v) is 4.79. The molecule has 2 heterocycles. The zero-order valence-corrected chi connectivity index (χ0v) is 20.0. The highest BCUT2D eigenvalue weighted by Crippen LogP contribution is 2.40. The van der Waals surface area contributed by atoms with E-state index in [9.17, 15) is 30.7 Å². The second kappa shape index (κ2) is 9.40. The minimum Gasteiger partial charge on any atom is -0.430 e. The molecule has 36 heavy (non-hydrogen) atoms. The van der Waals surface area contributed by atoms with Crippen LogP contribution in [0.25, 0.3) is 33.2 Å². The predicted octanol–water partition coefficient (Wildman–Crippen LogP) is 7.85. The Morgan fingerprint density at radius 3 is 2.33 bits per heavy atom. The van der Waals surface area contributed by atoms with Crippen LogP contribution in [0.15, 0.2) is 47.8 Å². The maximum Gasteiger partial charge on any atom is 0.439 e. The van der Waals surface area contributed by atoms with Gasteiger partial charge in [0, 0.05) is 7.05 Å². The first-order chi connectivity index (χ1) is 16.8. The van der Waals surface area contributed by atoms with Gasteiger partial charge in [0.2, 0.25) is 0 Å². The van der Waals surface area contributed by atoms with Gasteiger partial charge in [-0.25, -0.2) is 18.4 Å². The van der Waals surface area contributed by atoms with E-state index >= 15 is 0 Å². The average molecular weight is 550 g/mol. The zero-order valence-electron chi connectivity index (χ0n) is 18.4. The molecule has 2 aromatic carbocycles. The molecule has 0 aliphatic rings. The van der Waals surface area contributed by atoms with Crippen LogP contribution in [0.4, 0.5) is 30.7 Å². The van der Waals surface area contributed by atoms with Gasteiger partial charge in [-0.3, -0.25) is 0 Å². The molecule has 0 aliphatic carbocycles. The van der Waals surface area contributed by atoms with Crippen molar-refractivity contribution in [3.63, 3.8) is 0 Å². The Balaban J connectivity index is 1.61. The van der Waals surface area contributed by atoms with Gasteiger partial charge in [0.1, 0.15) is 11.6 Å². The van der Waals surface area contributed by atoms with E-state index < -0.39 is 30.0 Å². The van der Waals surface area contributed by atoms with Crippen molar-refractivity contribution in [1.29, 1.82) is 0 Å². The molecule has 0 spiro atoms. The lowest BCUT2D eigenvalue weighted by Crippen LogP contribution is -2.45. The molecule has 4 aromatic rings. The van der Waals surface area contributed by atoms with Crippen molar-refractivity contribution in [2.24, 2.45) is 7.05 Å². The second-order valence-corrected chi connectivity index (χ2v) is 8.96. The number of hydrogen-bond donors (Lipinski definition) is 0. The third-order valence-electron chi connectivity index (χ3n) is 5.19. The fraction of sp³-hybridized carbons (Fsp3) is 0.217. The first-order valence-corrected chi connectivity index (χ1v) is 11.4. The van der Waals surface area contributed by atoms with E-state index in [1.165, 1.54) is 46.4 Å². The molecule has 0 aliphatic heterocycles. The quantitative estimate of drug-likeness (QED) is 0.230. The van der Waals surface area contributed by atoms with Crippen molar-refractivity contribution >= 4 is 22.9 Å². The van der Waals surface area contributed by atoms with E-state index in [1.807, 2.05) is 0 Å². The third-order valence-corrected chi connectivity index (χ3v) is 6.59. The minimum atomic E-state index is -5.77. The lowest BCUT2D eigenvalue weighted by Gasteiger charge is -2.23. The molecular weight excluding hydrogens is 535 g/mol. The molecule has 13 heteroatoms. The largest absolute Gasteiger partial charge is 0.439 e. The topological polar surface area (TPSA) is 39.9 Å². The summed E-state index contributed by atoms with van der Waals surface area (Å²) in [7, 11) is 1.63. The van der Waals surface area contributed by atoms with E-state index in [0.717, 1.165) is 17.7 Å². The van der Waals surface area contributed by atoms with Crippen molar-refractivity contribution in [3.05, 3.63) is 64.2 Å². The molecule has 0 radical (unpaired) electrons. The van der Waals surface area contributed by atoms with Gasteiger partial charge in [0.15, 0.2) is 11.6 Å². The van der Waals surface area contributed by atoms with Gasteiger partial charge in [-0.2, -0.15) is 27.1 Å². The van der Waals surface area contributed by atoms with Crippen molar-refractivity contribution in [1.82, 2.24) is 14.8 Å². The highest BCUT2D eigenvalue weighted by Gasteiger charge is 2.59. The van der Waals surface area contributed by atoms with Gasteiger partial charge >= 0.3 is 12.3 Å². The van der Waals surface area contributed by atoms with Gasteiger partial charge in [-0.05, 0) is 53.3 Å². The van der Waals surface area contributed by atoms with Crippen LogP contribution < -0.4 is 4.74 Å². The number of alkyl halides is 6. The maximum absolute atomic E-state index is 14.3. The summed E-state index contributed by atoms with van der Waals surface area (Å²) >= 11 is 7.42. The Morgan fingerprint density at radius 2 is 1.72 bits per heavy atom. The zero-order chi connectivity index (χ0) is 26.4. The number of aromatic nitrogens is 3. The highest BCUT2D eigenvalue weighted by atomic mass is 35.5. The lowest BCUT2D eigenvalue weighted by atomic mass is 10.0. The number of halogens is 8. The Bertz CT molecular complexity index is 1380. The third kappa shape index (κ3) is 4.92. The van der Waals surface area contributed by atoms with Crippen molar-refractivity contribution in [2.45, 2.75) is 25.4 Å². The summed E-state index contributed by atoms with van der Waals surface area (Å²) < 4.78 is 96.8. The molecular formula is C23H15ClF7N3OS. The van der Waals surface area contributed by atoms with Crippen LogP contribution in [0.1, 0.15) is 5.56 Å². The number of rotatable bonds is 6. The summed E-state index contributed by atoms with van der Waals surface area (Å²) in [5.74, 6) is -0.690. The fourth-order valence-electron chi connectivity index (χ4n) is 3.42. The smallest absolute Gasteiger partial charge is 0.430 e. The minimum absolute atomic E-state index is 0.0591. The molecule has 0 saturated heterocycles. The van der Waals surface area contributed by atoms with Gasteiger partial charge in [0.25, 0.3) is 6.17 Å². The first-order valence-electron chi connectivity index (χ1n) is 10.1. The van der Waals surface area contributed by atoms with Crippen LogP contribution in [0.2, 0.25) is 5.02 Å².